The Bertz CT molecular complexity index is 802. The predicted octanol–water partition coefficient (Wildman–Crippen LogP) is 1.47. The zero-order valence-corrected chi connectivity index (χ0v) is 16.0. The second-order valence-electron chi connectivity index (χ2n) is 6.48. The van der Waals surface area contributed by atoms with E-state index in [9.17, 15) is 9.59 Å². The second-order valence-corrected chi connectivity index (χ2v) is 6.89. The molecule has 0 bridgehead atoms. The van der Waals surface area contributed by atoms with E-state index in [-0.39, 0.29) is 5.91 Å². The number of para-hydroxylation sites is 1. The van der Waals surface area contributed by atoms with Crippen LogP contribution in [0.5, 0.6) is 0 Å². The van der Waals surface area contributed by atoms with Gasteiger partial charge in [0, 0.05) is 5.69 Å². The van der Waals surface area contributed by atoms with Gasteiger partial charge in [-0.15, -0.1) is 0 Å². The highest BCUT2D eigenvalue weighted by molar-refractivity contribution is 6.33. The summed E-state index contributed by atoms with van der Waals surface area (Å²) >= 11 is 6.27. The molecule has 1 amide bonds. The Labute approximate surface area is 163 Å². The number of carbonyl (C=O) groups is 2. The van der Waals surface area contributed by atoms with Gasteiger partial charge in [0.1, 0.15) is 0 Å². The largest absolute Gasteiger partial charge is 0.465 e. The molecular formula is C20H23ClN3O3+. The lowest BCUT2D eigenvalue weighted by Crippen LogP contribution is -3.15. The van der Waals surface area contributed by atoms with E-state index in [2.05, 4.69) is 15.0 Å². The molecule has 142 valence electrons. The first kappa shape index (κ1) is 19.2. The number of quaternary nitrogens is 1. The molecule has 2 aromatic carbocycles. The van der Waals surface area contributed by atoms with E-state index < -0.39 is 5.97 Å². The molecule has 7 heteroatoms. The van der Waals surface area contributed by atoms with Crippen molar-refractivity contribution in [2.24, 2.45) is 0 Å². The Kier molecular flexibility index (Phi) is 6.32. The van der Waals surface area contributed by atoms with Crippen LogP contribution < -0.4 is 15.1 Å². The van der Waals surface area contributed by atoms with Gasteiger partial charge in [-0.3, -0.25) is 4.79 Å². The third-order valence-corrected chi connectivity index (χ3v) is 4.98. The highest BCUT2D eigenvalue weighted by Crippen LogP contribution is 2.24. The van der Waals surface area contributed by atoms with E-state index in [1.807, 2.05) is 24.3 Å². The Morgan fingerprint density at radius 1 is 1.11 bits per heavy atom. The van der Waals surface area contributed by atoms with E-state index in [1.54, 1.807) is 24.3 Å². The molecule has 1 saturated heterocycles. The SMILES string of the molecule is COC(=O)c1ccc(NC(=O)C[NH+]2CCN(c3ccccc3Cl)CC2)cc1. The van der Waals surface area contributed by atoms with Gasteiger partial charge in [0.05, 0.1) is 49.6 Å². The summed E-state index contributed by atoms with van der Waals surface area (Å²) in [6.07, 6.45) is 0. The summed E-state index contributed by atoms with van der Waals surface area (Å²) in [7, 11) is 1.34. The van der Waals surface area contributed by atoms with Gasteiger partial charge in [0.25, 0.3) is 5.91 Å². The number of carbonyl (C=O) groups excluding carboxylic acids is 2. The van der Waals surface area contributed by atoms with Gasteiger partial charge < -0.3 is 19.9 Å². The first-order valence-corrected chi connectivity index (χ1v) is 9.26. The highest BCUT2D eigenvalue weighted by atomic mass is 35.5. The fourth-order valence-corrected chi connectivity index (χ4v) is 3.44. The van der Waals surface area contributed by atoms with Crippen LogP contribution in [0.15, 0.2) is 48.5 Å². The third kappa shape index (κ3) is 4.99. The standard InChI is InChI=1S/C20H22ClN3O3/c1-27-20(26)15-6-8-16(9-7-15)22-19(25)14-23-10-12-24(13-11-23)18-5-3-2-4-17(18)21/h2-9H,10-14H2,1H3,(H,22,25)/p+1. The van der Waals surface area contributed by atoms with E-state index in [4.69, 9.17) is 11.6 Å². The first-order chi connectivity index (χ1) is 13.1. The van der Waals surface area contributed by atoms with Crippen molar-refractivity contribution in [2.45, 2.75) is 0 Å². The number of amides is 1. The molecular weight excluding hydrogens is 366 g/mol. The van der Waals surface area contributed by atoms with Gasteiger partial charge in [-0.05, 0) is 36.4 Å². The average molecular weight is 389 g/mol. The second kappa shape index (κ2) is 8.88. The molecule has 1 aliphatic heterocycles. The summed E-state index contributed by atoms with van der Waals surface area (Å²) in [6.45, 7) is 3.88. The molecule has 6 nitrogen and oxygen atoms in total. The van der Waals surface area contributed by atoms with Crippen LogP contribution >= 0.6 is 11.6 Å². The number of halogens is 1. The minimum absolute atomic E-state index is 0.0398. The predicted molar refractivity (Wildman–Crippen MR) is 106 cm³/mol. The van der Waals surface area contributed by atoms with Crippen molar-refractivity contribution in [1.29, 1.82) is 0 Å². The minimum Gasteiger partial charge on any atom is -0.465 e. The van der Waals surface area contributed by atoms with Crippen molar-refractivity contribution in [3.63, 3.8) is 0 Å². The lowest BCUT2D eigenvalue weighted by atomic mass is 10.2. The average Bonchev–Trinajstić information content (AvgIpc) is 2.69. The molecule has 3 rings (SSSR count). The molecule has 1 fully saturated rings. The van der Waals surface area contributed by atoms with Gasteiger partial charge in [-0.25, -0.2) is 4.79 Å². The highest BCUT2D eigenvalue weighted by Gasteiger charge is 2.23. The van der Waals surface area contributed by atoms with Crippen LogP contribution in [0.1, 0.15) is 10.4 Å². The van der Waals surface area contributed by atoms with Crippen molar-refractivity contribution >= 4 is 34.9 Å². The molecule has 0 unspecified atom stereocenters. The number of piperazine rings is 1. The molecule has 0 radical (unpaired) electrons. The minimum atomic E-state index is -0.395. The quantitative estimate of drug-likeness (QED) is 0.761. The Balaban J connectivity index is 1.48. The third-order valence-electron chi connectivity index (χ3n) is 4.66. The zero-order chi connectivity index (χ0) is 19.2. The van der Waals surface area contributed by atoms with E-state index in [0.29, 0.717) is 17.8 Å². The molecule has 0 spiro atoms. The molecule has 2 aromatic rings. The van der Waals surface area contributed by atoms with Gasteiger partial charge >= 0.3 is 5.97 Å². The maximum atomic E-state index is 12.3. The van der Waals surface area contributed by atoms with Crippen molar-refractivity contribution < 1.29 is 19.2 Å². The fraction of sp³-hybridized carbons (Fsp3) is 0.300. The molecule has 1 heterocycles. The van der Waals surface area contributed by atoms with Crippen molar-refractivity contribution in [3.8, 4) is 0 Å². The number of hydrogen-bond acceptors (Lipinski definition) is 4. The number of nitrogens with zero attached hydrogens (tertiary/aromatic N) is 1. The molecule has 1 aliphatic rings. The lowest BCUT2D eigenvalue weighted by Gasteiger charge is -2.33. The van der Waals surface area contributed by atoms with Gasteiger partial charge in [-0.2, -0.15) is 0 Å². The van der Waals surface area contributed by atoms with Crippen molar-refractivity contribution in [3.05, 3.63) is 59.1 Å². The molecule has 0 atom stereocenters. The summed E-state index contributed by atoms with van der Waals surface area (Å²) in [5.74, 6) is -0.435. The summed E-state index contributed by atoms with van der Waals surface area (Å²) in [5.41, 5.74) is 2.17. The van der Waals surface area contributed by atoms with Crippen LogP contribution in [0, 0.1) is 0 Å². The number of esters is 1. The van der Waals surface area contributed by atoms with Crippen molar-refractivity contribution in [2.75, 3.05) is 50.1 Å². The van der Waals surface area contributed by atoms with Crippen molar-refractivity contribution in [1.82, 2.24) is 0 Å². The van der Waals surface area contributed by atoms with Crippen LogP contribution in [-0.4, -0.2) is 51.7 Å². The number of nitrogens with one attached hydrogen (secondary N) is 2. The van der Waals surface area contributed by atoms with Crippen LogP contribution in [0.25, 0.3) is 0 Å². The Morgan fingerprint density at radius 2 is 1.78 bits per heavy atom. The first-order valence-electron chi connectivity index (χ1n) is 8.88. The number of hydrogen-bond donors (Lipinski definition) is 2. The summed E-state index contributed by atoms with van der Waals surface area (Å²) < 4.78 is 4.66. The topological polar surface area (TPSA) is 63.1 Å². The van der Waals surface area contributed by atoms with E-state index >= 15 is 0 Å². The maximum Gasteiger partial charge on any atom is 0.337 e. The molecule has 27 heavy (non-hydrogen) atoms. The smallest absolute Gasteiger partial charge is 0.337 e. The Hall–Kier alpha value is -2.57. The number of methoxy groups -OCH3 is 1. The number of ether oxygens (including phenoxy) is 1. The van der Waals surface area contributed by atoms with Crippen LogP contribution in [0.3, 0.4) is 0 Å². The number of benzene rings is 2. The lowest BCUT2D eigenvalue weighted by molar-refractivity contribution is -0.892. The fourth-order valence-electron chi connectivity index (χ4n) is 3.19. The van der Waals surface area contributed by atoms with Crippen LogP contribution in [-0.2, 0) is 9.53 Å². The summed E-state index contributed by atoms with van der Waals surface area (Å²) in [4.78, 5) is 27.2. The number of anilines is 2. The molecule has 2 N–H and O–H groups in total. The molecule has 0 saturated carbocycles. The normalized spacial score (nSPS) is 14.7. The number of rotatable bonds is 5. The van der Waals surface area contributed by atoms with E-state index in [0.717, 1.165) is 36.9 Å². The summed E-state index contributed by atoms with van der Waals surface area (Å²) in [5, 5.41) is 3.64. The monoisotopic (exact) mass is 388 g/mol. The molecule has 0 aromatic heterocycles. The zero-order valence-electron chi connectivity index (χ0n) is 15.2. The van der Waals surface area contributed by atoms with Gasteiger partial charge in [0.2, 0.25) is 0 Å². The van der Waals surface area contributed by atoms with Crippen LogP contribution in [0.2, 0.25) is 5.02 Å². The van der Waals surface area contributed by atoms with Crippen LogP contribution in [0.4, 0.5) is 11.4 Å². The van der Waals surface area contributed by atoms with Gasteiger partial charge in [0.15, 0.2) is 6.54 Å². The Morgan fingerprint density at radius 3 is 2.41 bits per heavy atom. The van der Waals surface area contributed by atoms with E-state index in [1.165, 1.54) is 12.0 Å². The molecule has 0 aliphatic carbocycles. The van der Waals surface area contributed by atoms with Gasteiger partial charge in [-0.1, -0.05) is 23.7 Å². The summed E-state index contributed by atoms with van der Waals surface area (Å²) in [6, 6.07) is 14.5. The maximum absolute atomic E-state index is 12.3.